The average Bonchev–Trinajstić information content (AvgIpc) is 3.24. The summed E-state index contributed by atoms with van der Waals surface area (Å²) < 4.78 is 1.67. The highest BCUT2D eigenvalue weighted by Gasteiger charge is 2.11. The van der Waals surface area contributed by atoms with Crippen molar-refractivity contribution in [2.45, 2.75) is 25.9 Å². The van der Waals surface area contributed by atoms with Gasteiger partial charge < -0.3 is 5.32 Å². The van der Waals surface area contributed by atoms with Gasteiger partial charge in [0.2, 0.25) is 0 Å². The molecule has 6 heteroatoms. The number of nitrogens with one attached hydrogen (secondary N) is 1. The normalized spacial score (nSPS) is 15.3. The van der Waals surface area contributed by atoms with Gasteiger partial charge in [0, 0.05) is 13.1 Å². The molecule has 0 bridgehead atoms. The Hall–Kier alpha value is -2.47. The lowest BCUT2D eigenvalue weighted by molar-refractivity contribution is 0.331. The number of aromatic nitrogens is 4. The smallest absolute Gasteiger partial charge is 0.177 e. The van der Waals surface area contributed by atoms with E-state index in [2.05, 4.69) is 49.8 Å². The minimum atomic E-state index is 0.753. The fraction of sp³-hybridized carbons (Fsp3) is 0.353. The first-order valence-corrected chi connectivity index (χ1v) is 8.08. The standard InChI is InChI=1S/C17H20N6/c1-2-9-22(8-1)12-15-5-3-4-14(10-15)11-18-16-6-7-17-20-19-13-23(17)21-16/h3-7,10,13H,1-2,8-9,11-12H2,(H,18,21). The molecular formula is C17H20N6. The highest BCUT2D eigenvalue weighted by Crippen LogP contribution is 2.14. The van der Waals surface area contributed by atoms with Crippen LogP contribution in [0.1, 0.15) is 24.0 Å². The van der Waals surface area contributed by atoms with E-state index in [1.54, 1.807) is 10.8 Å². The summed E-state index contributed by atoms with van der Waals surface area (Å²) in [5.74, 6) is 0.822. The molecule has 1 aliphatic heterocycles. The van der Waals surface area contributed by atoms with E-state index in [9.17, 15) is 0 Å². The van der Waals surface area contributed by atoms with Crippen molar-refractivity contribution >= 4 is 11.5 Å². The number of fused-ring (bicyclic) bond motifs is 1. The molecule has 6 nitrogen and oxygen atoms in total. The third-order valence-corrected chi connectivity index (χ3v) is 4.23. The Bertz CT molecular complexity index is 790. The van der Waals surface area contributed by atoms with Crippen LogP contribution in [-0.4, -0.2) is 37.8 Å². The zero-order valence-corrected chi connectivity index (χ0v) is 13.0. The summed E-state index contributed by atoms with van der Waals surface area (Å²) in [7, 11) is 0. The lowest BCUT2D eigenvalue weighted by Gasteiger charge is -2.15. The van der Waals surface area contributed by atoms with Gasteiger partial charge >= 0.3 is 0 Å². The number of hydrogen-bond donors (Lipinski definition) is 1. The largest absolute Gasteiger partial charge is 0.365 e. The molecule has 118 valence electrons. The summed E-state index contributed by atoms with van der Waals surface area (Å²) in [5.41, 5.74) is 3.41. The maximum atomic E-state index is 4.43. The topological polar surface area (TPSA) is 58.4 Å². The molecule has 0 aliphatic carbocycles. The van der Waals surface area contributed by atoms with E-state index >= 15 is 0 Å². The van der Waals surface area contributed by atoms with Crippen molar-refractivity contribution in [2.75, 3.05) is 18.4 Å². The van der Waals surface area contributed by atoms with Crippen molar-refractivity contribution in [1.29, 1.82) is 0 Å². The summed E-state index contributed by atoms with van der Waals surface area (Å²) >= 11 is 0. The summed E-state index contributed by atoms with van der Waals surface area (Å²) in [6.07, 6.45) is 4.27. The van der Waals surface area contributed by atoms with E-state index in [1.165, 1.54) is 37.1 Å². The van der Waals surface area contributed by atoms with Crippen molar-refractivity contribution in [3.63, 3.8) is 0 Å². The third kappa shape index (κ3) is 3.32. The maximum Gasteiger partial charge on any atom is 0.177 e. The molecule has 0 saturated carbocycles. The zero-order valence-electron chi connectivity index (χ0n) is 13.0. The van der Waals surface area contributed by atoms with Crippen LogP contribution in [0.4, 0.5) is 5.82 Å². The summed E-state index contributed by atoms with van der Waals surface area (Å²) in [4.78, 5) is 2.52. The first kappa shape index (κ1) is 14.1. The fourth-order valence-electron chi connectivity index (χ4n) is 3.05. The molecule has 1 fully saturated rings. The molecule has 1 saturated heterocycles. The highest BCUT2D eigenvalue weighted by atomic mass is 15.4. The summed E-state index contributed by atoms with van der Waals surface area (Å²) in [6, 6.07) is 12.6. The molecule has 0 atom stereocenters. The molecule has 0 unspecified atom stereocenters. The second-order valence-electron chi connectivity index (χ2n) is 6.01. The molecule has 4 rings (SSSR count). The van der Waals surface area contributed by atoms with Gasteiger partial charge in [-0.2, -0.15) is 4.52 Å². The van der Waals surface area contributed by atoms with Crippen molar-refractivity contribution in [3.05, 3.63) is 53.9 Å². The van der Waals surface area contributed by atoms with Crippen LogP contribution in [0.25, 0.3) is 5.65 Å². The van der Waals surface area contributed by atoms with E-state index < -0.39 is 0 Å². The van der Waals surface area contributed by atoms with Crippen molar-refractivity contribution in [2.24, 2.45) is 0 Å². The molecule has 3 heterocycles. The Morgan fingerprint density at radius 2 is 1.91 bits per heavy atom. The monoisotopic (exact) mass is 308 g/mol. The molecule has 0 radical (unpaired) electrons. The van der Waals surface area contributed by atoms with Gasteiger partial charge in [0.15, 0.2) is 5.65 Å². The van der Waals surface area contributed by atoms with E-state index in [1.807, 2.05) is 12.1 Å². The van der Waals surface area contributed by atoms with E-state index in [4.69, 9.17) is 0 Å². The van der Waals surface area contributed by atoms with Gasteiger partial charge in [-0.1, -0.05) is 24.3 Å². The van der Waals surface area contributed by atoms with E-state index in [0.29, 0.717) is 0 Å². The maximum absolute atomic E-state index is 4.43. The Labute approximate surface area is 135 Å². The van der Waals surface area contributed by atoms with E-state index in [-0.39, 0.29) is 0 Å². The molecule has 1 aromatic carbocycles. The van der Waals surface area contributed by atoms with Gasteiger partial charge in [0.05, 0.1) is 0 Å². The Morgan fingerprint density at radius 1 is 1.04 bits per heavy atom. The van der Waals surface area contributed by atoms with Crippen molar-refractivity contribution < 1.29 is 0 Å². The minimum absolute atomic E-state index is 0.753. The van der Waals surface area contributed by atoms with Gasteiger partial charge in [-0.3, -0.25) is 4.90 Å². The first-order chi connectivity index (χ1) is 11.4. The second-order valence-corrected chi connectivity index (χ2v) is 6.01. The van der Waals surface area contributed by atoms with Crippen LogP contribution in [0, 0.1) is 0 Å². The number of benzene rings is 1. The van der Waals surface area contributed by atoms with Gasteiger partial charge in [0.1, 0.15) is 12.1 Å². The number of likely N-dealkylation sites (tertiary alicyclic amines) is 1. The van der Waals surface area contributed by atoms with Gasteiger partial charge in [-0.05, 0) is 49.2 Å². The molecule has 23 heavy (non-hydrogen) atoms. The minimum Gasteiger partial charge on any atom is -0.365 e. The Morgan fingerprint density at radius 3 is 2.83 bits per heavy atom. The molecule has 1 aliphatic rings. The molecule has 1 N–H and O–H groups in total. The quantitative estimate of drug-likeness (QED) is 0.784. The van der Waals surface area contributed by atoms with Crippen LogP contribution in [0.2, 0.25) is 0 Å². The number of rotatable bonds is 5. The molecule has 0 amide bonds. The van der Waals surface area contributed by atoms with Crippen LogP contribution < -0.4 is 5.32 Å². The average molecular weight is 308 g/mol. The fourth-order valence-corrected chi connectivity index (χ4v) is 3.05. The van der Waals surface area contributed by atoms with Gasteiger partial charge in [-0.25, -0.2) is 0 Å². The Kier molecular flexibility index (Phi) is 3.90. The summed E-state index contributed by atoms with van der Waals surface area (Å²) in [5, 5.41) is 15.6. The Balaban J connectivity index is 1.41. The van der Waals surface area contributed by atoms with Crippen LogP contribution in [-0.2, 0) is 13.1 Å². The molecular weight excluding hydrogens is 288 g/mol. The zero-order chi connectivity index (χ0) is 15.5. The lowest BCUT2D eigenvalue weighted by Crippen LogP contribution is -2.18. The highest BCUT2D eigenvalue weighted by molar-refractivity contribution is 5.43. The molecule has 0 spiro atoms. The molecule has 3 aromatic rings. The van der Waals surface area contributed by atoms with Crippen LogP contribution in [0.3, 0.4) is 0 Å². The third-order valence-electron chi connectivity index (χ3n) is 4.23. The predicted molar refractivity (Wildman–Crippen MR) is 89.1 cm³/mol. The van der Waals surface area contributed by atoms with Crippen LogP contribution in [0.5, 0.6) is 0 Å². The van der Waals surface area contributed by atoms with Gasteiger partial charge in [0.25, 0.3) is 0 Å². The second kappa shape index (κ2) is 6.34. The summed E-state index contributed by atoms with van der Waals surface area (Å²) in [6.45, 7) is 4.27. The first-order valence-electron chi connectivity index (χ1n) is 8.08. The lowest BCUT2D eigenvalue weighted by atomic mass is 10.1. The number of anilines is 1. The number of nitrogens with zero attached hydrogens (tertiary/aromatic N) is 5. The van der Waals surface area contributed by atoms with Crippen LogP contribution in [0.15, 0.2) is 42.7 Å². The SMILES string of the molecule is c1cc(CNc2ccc3nncn3n2)cc(CN2CCCC2)c1. The van der Waals surface area contributed by atoms with Crippen LogP contribution >= 0.6 is 0 Å². The van der Waals surface area contributed by atoms with Crippen molar-refractivity contribution in [1.82, 2.24) is 24.7 Å². The number of hydrogen-bond acceptors (Lipinski definition) is 5. The van der Waals surface area contributed by atoms with Crippen molar-refractivity contribution in [3.8, 4) is 0 Å². The predicted octanol–water partition coefficient (Wildman–Crippen LogP) is 2.33. The molecule has 2 aromatic heterocycles. The van der Waals surface area contributed by atoms with Gasteiger partial charge in [-0.15, -0.1) is 15.3 Å². The van der Waals surface area contributed by atoms with E-state index in [0.717, 1.165) is 24.6 Å².